The Morgan fingerprint density at radius 1 is 1.67 bits per heavy atom. The summed E-state index contributed by atoms with van der Waals surface area (Å²) >= 11 is 5.16. The second-order valence-electron chi connectivity index (χ2n) is 1.74. The molecule has 0 amide bonds. The molecule has 0 aromatic carbocycles. The zero-order chi connectivity index (χ0) is 9.56. The lowest BCUT2D eigenvalue weighted by Crippen LogP contribution is -2.08. The Labute approximate surface area is 73.9 Å². The number of carbonyl (C=O) groups is 1. The predicted octanol–water partition coefficient (Wildman–Crippen LogP) is 1.32. The van der Waals surface area contributed by atoms with Crippen molar-refractivity contribution in [2.24, 2.45) is 5.18 Å². The summed E-state index contributed by atoms with van der Waals surface area (Å²) in [4.78, 5) is 20.8. The monoisotopic (exact) mass is 193 g/mol. The molecule has 0 bridgehead atoms. The number of halogens is 1. The smallest absolute Gasteiger partial charge is 0.364 e. The molecular weight excluding hydrogens is 186 g/mol. The molecule has 5 nitrogen and oxygen atoms in total. The van der Waals surface area contributed by atoms with E-state index in [1.807, 2.05) is 0 Å². The minimum atomic E-state index is -0.967. The molecule has 0 fully saturated rings. The Balaban J connectivity index is 4.55. The first kappa shape index (κ1) is 10.9. The molecule has 0 unspecified atom stereocenters. The number of nitroso groups, excluding NO2 is 1. The first-order chi connectivity index (χ1) is 5.67. The van der Waals surface area contributed by atoms with Gasteiger partial charge in [0, 0.05) is 0 Å². The van der Waals surface area contributed by atoms with Gasteiger partial charge >= 0.3 is 5.97 Å². The molecule has 1 N–H and O–H groups in total. The van der Waals surface area contributed by atoms with Crippen molar-refractivity contribution in [3.8, 4) is 0 Å². The highest BCUT2D eigenvalue weighted by atomic mass is 35.5. The molecule has 0 saturated carbocycles. The van der Waals surface area contributed by atoms with E-state index < -0.39 is 17.4 Å². The highest BCUT2D eigenvalue weighted by Gasteiger charge is 2.16. The van der Waals surface area contributed by atoms with Crippen molar-refractivity contribution in [3.05, 3.63) is 16.4 Å². The fourth-order valence-corrected chi connectivity index (χ4v) is 0.597. The molecule has 0 radical (unpaired) electrons. The summed E-state index contributed by atoms with van der Waals surface area (Å²) in [7, 11) is 0. The topological polar surface area (TPSA) is 76.0 Å². The third-order valence-electron chi connectivity index (χ3n) is 0.960. The van der Waals surface area contributed by atoms with Crippen molar-refractivity contribution >= 4 is 17.6 Å². The Hall–Kier alpha value is -1.10. The SMILES string of the molecule is CCOC(=O)/C(N=O)=C(/O)CCl. The van der Waals surface area contributed by atoms with Gasteiger partial charge in [0.05, 0.1) is 12.5 Å². The standard InChI is InChI=1S/C6H8ClNO4/c1-2-12-6(10)5(8-11)4(9)3-7/h9H,2-3H2,1H3/b5-4-. The summed E-state index contributed by atoms with van der Waals surface area (Å²) < 4.78 is 4.41. The molecule has 0 aliphatic carbocycles. The molecule has 68 valence electrons. The summed E-state index contributed by atoms with van der Waals surface area (Å²) in [5, 5.41) is 11.2. The lowest BCUT2D eigenvalue weighted by Gasteiger charge is -2.00. The largest absolute Gasteiger partial charge is 0.508 e. The lowest BCUT2D eigenvalue weighted by atomic mass is 10.4. The van der Waals surface area contributed by atoms with E-state index in [0.717, 1.165) is 0 Å². The average molecular weight is 194 g/mol. The van der Waals surface area contributed by atoms with Crippen LogP contribution >= 0.6 is 11.6 Å². The van der Waals surface area contributed by atoms with Crippen LogP contribution in [0.4, 0.5) is 0 Å². The van der Waals surface area contributed by atoms with Gasteiger partial charge in [-0.3, -0.25) is 0 Å². The van der Waals surface area contributed by atoms with Gasteiger partial charge in [-0.05, 0) is 12.1 Å². The second-order valence-corrected chi connectivity index (χ2v) is 2.01. The number of ether oxygens (including phenoxy) is 1. The Morgan fingerprint density at radius 3 is 2.58 bits per heavy atom. The quantitative estimate of drug-likeness (QED) is 0.240. The van der Waals surface area contributed by atoms with E-state index in [2.05, 4.69) is 9.91 Å². The molecule has 0 heterocycles. The fraction of sp³-hybridized carbons (Fsp3) is 0.500. The van der Waals surface area contributed by atoms with Crippen LogP contribution in [0.3, 0.4) is 0 Å². The van der Waals surface area contributed by atoms with Crippen molar-refractivity contribution in [1.82, 2.24) is 0 Å². The number of hydrogen-bond donors (Lipinski definition) is 1. The van der Waals surface area contributed by atoms with Gasteiger partial charge in [0.25, 0.3) is 0 Å². The summed E-state index contributed by atoms with van der Waals surface area (Å²) in [5.41, 5.74) is -0.674. The zero-order valence-corrected chi connectivity index (χ0v) is 7.17. The molecule has 0 aliphatic heterocycles. The number of carbonyl (C=O) groups excluding carboxylic acids is 1. The third kappa shape index (κ3) is 2.87. The maximum atomic E-state index is 10.8. The van der Waals surface area contributed by atoms with Crippen LogP contribution in [0.15, 0.2) is 16.6 Å². The molecule has 0 atom stereocenters. The Kier molecular flexibility index (Phi) is 5.03. The second kappa shape index (κ2) is 5.54. The summed E-state index contributed by atoms with van der Waals surface area (Å²) in [5.74, 6) is -1.89. The van der Waals surface area contributed by atoms with Gasteiger partial charge in [-0.1, -0.05) is 0 Å². The van der Waals surface area contributed by atoms with E-state index in [-0.39, 0.29) is 12.5 Å². The minimum absolute atomic E-state index is 0.105. The van der Waals surface area contributed by atoms with Gasteiger partial charge in [0.15, 0.2) is 0 Å². The van der Waals surface area contributed by atoms with Crippen molar-refractivity contribution in [1.29, 1.82) is 0 Å². The average Bonchev–Trinajstić information content (AvgIpc) is 2.06. The Bertz CT molecular complexity index is 214. The summed E-state index contributed by atoms with van der Waals surface area (Å²) in [6.45, 7) is 1.67. The van der Waals surface area contributed by atoms with Crippen LogP contribution in [0.25, 0.3) is 0 Å². The van der Waals surface area contributed by atoms with Crippen molar-refractivity contribution in [2.45, 2.75) is 6.92 Å². The van der Waals surface area contributed by atoms with Crippen LogP contribution in [0.2, 0.25) is 0 Å². The maximum absolute atomic E-state index is 10.8. The van der Waals surface area contributed by atoms with E-state index >= 15 is 0 Å². The van der Waals surface area contributed by atoms with Crippen LogP contribution in [-0.2, 0) is 9.53 Å². The molecular formula is C6H8ClNO4. The number of allylic oxidation sites excluding steroid dienone is 1. The molecule has 0 spiro atoms. The summed E-state index contributed by atoms with van der Waals surface area (Å²) in [6, 6.07) is 0. The molecule has 12 heavy (non-hydrogen) atoms. The van der Waals surface area contributed by atoms with Gasteiger partial charge in [0.2, 0.25) is 5.70 Å². The van der Waals surface area contributed by atoms with Crippen LogP contribution in [0.1, 0.15) is 6.92 Å². The third-order valence-corrected chi connectivity index (χ3v) is 1.21. The van der Waals surface area contributed by atoms with Gasteiger partial charge in [-0.25, -0.2) is 4.79 Å². The van der Waals surface area contributed by atoms with Crippen molar-refractivity contribution in [3.63, 3.8) is 0 Å². The van der Waals surface area contributed by atoms with Gasteiger partial charge < -0.3 is 9.84 Å². The minimum Gasteiger partial charge on any atom is -0.508 e. The Morgan fingerprint density at radius 2 is 2.25 bits per heavy atom. The van der Waals surface area contributed by atoms with Crippen molar-refractivity contribution < 1.29 is 14.6 Å². The number of hydrogen-bond acceptors (Lipinski definition) is 5. The maximum Gasteiger partial charge on any atom is 0.364 e. The number of alkyl halides is 1. The van der Waals surface area contributed by atoms with Crippen LogP contribution < -0.4 is 0 Å². The lowest BCUT2D eigenvalue weighted by molar-refractivity contribution is -0.138. The number of rotatable bonds is 4. The highest BCUT2D eigenvalue weighted by Crippen LogP contribution is 2.06. The summed E-state index contributed by atoms with van der Waals surface area (Å²) in [6.07, 6.45) is 0. The van der Waals surface area contributed by atoms with E-state index in [1.165, 1.54) is 0 Å². The van der Waals surface area contributed by atoms with Gasteiger partial charge in [0.1, 0.15) is 5.76 Å². The van der Waals surface area contributed by atoms with Crippen LogP contribution in [0.5, 0.6) is 0 Å². The molecule has 0 aliphatic rings. The predicted molar refractivity (Wildman–Crippen MR) is 42.8 cm³/mol. The molecule has 0 aromatic rings. The number of nitrogens with zero attached hydrogens (tertiary/aromatic N) is 1. The van der Waals surface area contributed by atoms with E-state index in [1.54, 1.807) is 6.92 Å². The molecule has 0 rings (SSSR count). The fourth-order valence-electron chi connectivity index (χ4n) is 0.471. The molecule has 0 aromatic heterocycles. The van der Waals surface area contributed by atoms with E-state index in [0.29, 0.717) is 0 Å². The number of aliphatic hydroxyl groups excluding tert-OH is 1. The van der Waals surface area contributed by atoms with Crippen molar-refractivity contribution in [2.75, 3.05) is 12.5 Å². The number of esters is 1. The van der Waals surface area contributed by atoms with E-state index in [9.17, 15) is 9.70 Å². The molecule has 0 saturated heterocycles. The normalized spacial score (nSPS) is 11.8. The first-order valence-electron chi connectivity index (χ1n) is 3.15. The first-order valence-corrected chi connectivity index (χ1v) is 3.69. The molecule has 6 heteroatoms. The highest BCUT2D eigenvalue weighted by molar-refractivity contribution is 6.19. The zero-order valence-electron chi connectivity index (χ0n) is 6.41. The van der Waals surface area contributed by atoms with Gasteiger partial charge in [-0.2, -0.15) is 0 Å². The van der Waals surface area contributed by atoms with Crippen LogP contribution in [-0.4, -0.2) is 23.6 Å². The van der Waals surface area contributed by atoms with Crippen LogP contribution in [0, 0.1) is 4.91 Å². The number of aliphatic hydroxyl groups is 1. The van der Waals surface area contributed by atoms with E-state index in [4.69, 9.17) is 16.7 Å². The van der Waals surface area contributed by atoms with Gasteiger partial charge in [-0.15, -0.1) is 16.5 Å².